The second kappa shape index (κ2) is 9.61. The first-order valence-corrected chi connectivity index (χ1v) is 9.45. The Bertz CT molecular complexity index is 930. The monoisotopic (exact) mass is 399 g/mol. The van der Waals surface area contributed by atoms with E-state index in [-0.39, 0.29) is 30.6 Å². The summed E-state index contributed by atoms with van der Waals surface area (Å²) in [6.07, 6.45) is 1.75. The summed E-state index contributed by atoms with van der Waals surface area (Å²) in [5, 5.41) is 7.32. The normalized spacial score (nSPS) is 10.3. The Morgan fingerprint density at radius 1 is 1.11 bits per heavy atom. The first-order chi connectivity index (χ1) is 13.6. The van der Waals surface area contributed by atoms with E-state index in [1.54, 1.807) is 30.5 Å². The fourth-order valence-electron chi connectivity index (χ4n) is 2.31. The molecule has 0 radical (unpaired) electrons. The Labute approximate surface area is 165 Å². The van der Waals surface area contributed by atoms with Gasteiger partial charge in [-0.05, 0) is 47.3 Å². The molecule has 0 unspecified atom stereocenters. The van der Waals surface area contributed by atoms with Gasteiger partial charge in [-0.1, -0.05) is 6.07 Å². The van der Waals surface area contributed by atoms with Crippen molar-refractivity contribution in [3.8, 4) is 11.6 Å². The van der Waals surface area contributed by atoms with Crippen molar-refractivity contribution in [3.05, 3.63) is 76.4 Å². The van der Waals surface area contributed by atoms with Crippen LogP contribution < -0.4 is 15.4 Å². The minimum absolute atomic E-state index is 0.177. The topological polar surface area (TPSA) is 80.3 Å². The molecule has 3 rings (SSSR count). The molecule has 28 heavy (non-hydrogen) atoms. The van der Waals surface area contributed by atoms with Gasteiger partial charge in [0, 0.05) is 31.8 Å². The summed E-state index contributed by atoms with van der Waals surface area (Å²) in [6, 6.07) is 12.6. The van der Waals surface area contributed by atoms with Crippen LogP contribution in [-0.2, 0) is 11.3 Å². The fourth-order valence-corrected chi connectivity index (χ4v) is 2.95. The number of hydrogen-bond donors (Lipinski definition) is 2. The molecule has 0 saturated heterocycles. The molecule has 2 aromatic heterocycles. The molecule has 0 aliphatic carbocycles. The minimum atomic E-state index is -0.344. The Balaban J connectivity index is 1.43. The largest absolute Gasteiger partial charge is 0.439 e. The number of aromatic nitrogens is 1. The first-order valence-electron chi connectivity index (χ1n) is 8.57. The molecule has 2 N–H and O–H groups in total. The predicted molar refractivity (Wildman–Crippen MR) is 104 cm³/mol. The summed E-state index contributed by atoms with van der Waals surface area (Å²) in [4.78, 5) is 28.5. The molecule has 1 aromatic carbocycles. The third-order valence-electron chi connectivity index (χ3n) is 3.71. The number of benzene rings is 1. The molecule has 0 fully saturated rings. The van der Waals surface area contributed by atoms with Gasteiger partial charge in [0.05, 0.1) is 4.88 Å². The van der Waals surface area contributed by atoms with Crippen molar-refractivity contribution >= 4 is 23.2 Å². The second-order valence-electron chi connectivity index (χ2n) is 5.82. The average molecular weight is 399 g/mol. The molecule has 2 amide bonds. The van der Waals surface area contributed by atoms with Gasteiger partial charge in [0.15, 0.2) is 0 Å². The lowest BCUT2D eigenvalue weighted by Gasteiger charge is -2.08. The number of ether oxygens (including phenoxy) is 1. The van der Waals surface area contributed by atoms with Gasteiger partial charge in [0.1, 0.15) is 11.6 Å². The van der Waals surface area contributed by atoms with Crippen LogP contribution in [0, 0.1) is 5.82 Å². The molecular weight excluding hydrogens is 381 g/mol. The van der Waals surface area contributed by atoms with Crippen LogP contribution in [0.25, 0.3) is 0 Å². The molecule has 0 bridgehead atoms. The lowest BCUT2D eigenvalue weighted by molar-refractivity contribution is -0.121. The van der Waals surface area contributed by atoms with Gasteiger partial charge in [-0.2, -0.15) is 0 Å². The Hall–Kier alpha value is -3.26. The zero-order valence-electron chi connectivity index (χ0n) is 14.9. The van der Waals surface area contributed by atoms with E-state index >= 15 is 0 Å². The Kier molecular flexibility index (Phi) is 6.69. The molecule has 8 heteroatoms. The fraction of sp³-hybridized carbons (Fsp3) is 0.150. The van der Waals surface area contributed by atoms with Crippen molar-refractivity contribution in [2.75, 3.05) is 6.54 Å². The van der Waals surface area contributed by atoms with Gasteiger partial charge in [0.2, 0.25) is 11.8 Å². The van der Waals surface area contributed by atoms with Gasteiger partial charge >= 0.3 is 0 Å². The van der Waals surface area contributed by atoms with Crippen molar-refractivity contribution in [2.45, 2.75) is 13.0 Å². The quantitative estimate of drug-likeness (QED) is 0.607. The number of rotatable bonds is 8. The number of hydrogen-bond acceptors (Lipinski definition) is 5. The lowest BCUT2D eigenvalue weighted by atomic mass is 10.2. The molecule has 144 valence electrons. The van der Waals surface area contributed by atoms with Gasteiger partial charge in [-0.3, -0.25) is 9.59 Å². The van der Waals surface area contributed by atoms with E-state index in [4.69, 9.17) is 4.74 Å². The highest BCUT2D eigenvalue weighted by Gasteiger charge is 2.08. The van der Waals surface area contributed by atoms with Gasteiger partial charge in [0.25, 0.3) is 5.91 Å². The summed E-state index contributed by atoms with van der Waals surface area (Å²) in [7, 11) is 0. The SMILES string of the molecule is O=C(CCNC(=O)c1cccs1)NCc1ccnc(Oc2ccc(F)cc2)c1. The standard InChI is InChI=1S/C20H18FN3O3S/c21-15-3-5-16(6-4-15)27-19-12-14(7-9-22-19)13-24-18(25)8-10-23-20(26)17-2-1-11-28-17/h1-7,9,11-12H,8,10,13H2,(H,23,26)(H,24,25). The summed E-state index contributed by atoms with van der Waals surface area (Å²) in [6.45, 7) is 0.567. The predicted octanol–water partition coefficient (Wildman–Crippen LogP) is 3.51. The zero-order chi connectivity index (χ0) is 19.8. The third-order valence-corrected chi connectivity index (χ3v) is 4.58. The number of carbonyl (C=O) groups is 2. The Morgan fingerprint density at radius 3 is 2.68 bits per heavy atom. The summed E-state index contributed by atoms with van der Waals surface area (Å²) in [5.74, 6) is 0.116. The van der Waals surface area contributed by atoms with E-state index < -0.39 is 0 Å². The van der Waals surface area contributed by atoms with Gasteiger partial charge in [-0.25, -0.2) is 9.37 Å². The summed E-state index contributed by atoms with van der Waals surface area (Å²) in [5.41, 5.74) is 0.808. The number of pyridine rings is 1. The van der Waals surface area contributed by atoms with Crippen molar-refractivity contribution < 1.29 is 18.7 Å². The van der Waals surface area contributed by atoms with E-state index in [0.717, 1.165) is 5.56 Å². The Morgan fingerprint density at radius 2 is 1.93 bits per heavy atom. The molecule has 0 saturated carbocycles. The van der Waals surface area contributed by atoms with Crippen LogP contribution in [0.4, 0.5) is 4.39 Å². The van der Waals surface area contributed by atoms with Crippen LogP contribution in [0.15, 0.2) is 60.1 Å². The lowest BCUT2D eigenvalue weighted by Crippen LogP contribution is -2.30. The van der Waals surface area contributed by atoms with Gasteiger partial charge < -0.3 is 15.4 Å². The van der Waals surface area contributed by atoms with E-state index in [1.165, 1.54) is 35.6 Å². The first kappa shape index (κ1) is 19.5. The van der Waals surface area contributed by atoms with Crippen molar-refractivity contribution in [1.82, 2.24) is 15.6 Å². The highest BCUT2D eigenvalue weighted by Crippen LogP contribution is 2.20. The number of amides is 2. The van der Waals surface area contributed by atoms with E-state index in [2.05, 4.69) is 15.6 Å². The number of carbonyl (C=O) groups excluding carboxylic acids is 2. The van der Waals surface area contributed by atoms with E-state index in [0.29, 0.717) is 23.1 Å². The van der Waals surface area contributed by atoms with Crippen LogP contribution in [-0.4, -0.2) is 23.3 Å². The highest BCUT2D eigenvalue weighted by molar-refractivity contribution is 7.12. The van der Waals surface area contributed by atoms with Crippen molar-refractivity contribution in [1.29, 1.82) is 0 Å². The maximum Gasteiger partial charge on any atom is 0.261 e. The minimum Gasteiger partial charge on any atom is -0.439 e. The molecule has 0 aliphatic heterocycles. The summed E-state index contributed by atoms with van der Waals surface area (Å²) < 4.78 is 18.5. The third kappa shape index (κ3) is 5.88. The molecular formula is C20H18FN3O3S. The van der Waals surface area contributed by atoms with Crippen LogP contribution in [0.3, 0.4) is 0 Å². The average Bonchev–Trinajstić information content (AvgIpc) is 3.23. The van der Waals surface area contributed by atoms with Gasteiger partial charge in [-0.15, -0.1) is 11.3 Å². The molecule has 3 aromatic rings. The van der Waals surface area contributed by atoms with Crippen LogP contribution in [0.2, 0.25) is 0 Å². The van der Waals surface area contributed by atoms with Crippen molar-refractivity contribution in [3.63, 3.8) is 0 Å². The molecule has 0 atom stereocenters. The number of thiophene rings is 1. The highest BCUT2D eigenvalue weighted by atomic mass is 32.1. The van der Waals surface area contributed by atoms with E-state index in [9.17, 15) is 14.0 Å². The number of halogens is 1. The maximum atomic E-state index is 12.9. The van der Waals surface area contributed by atoms with Crippen LogP contribution in [0.5, 0.6) is 11.6 Å². The number of nitrogens with one attached hydrogen (secondary N) is 2. The van der Waals surface area contributed by atoms with Crippen LogP contribution >= 0.6 is 11.3 Å². The van der Waals surface area contributed by atoms with E-state index in [1.807, 2.05) is 5.38 Å². The van der Waals surface area contributed by atoms with Crippen LogP contribution in [0.1, 0.15) is 21.7 Å². The molecule has 0 aliphatic rings. The molecule has 0 spiro atoms. The second-order valence-corrected chi connectivity index (χ2v) is 6.77. The summed E-state index contributed by atoms with van der Waals surface area (Å²) >= 11 is 1.35. The van der Waals surface area contributed by atoms with Crippen molar-refractivity contribution in [2.24, 2.45) is 0 Å². The maximum absolute atomic E-state index is 12.9. The number of nitrogens with zero attached hydrogens (tertiary/aromatic N) is 1. The molecule has 2 heterocycles. The molecule has 6 nitrogen and oxygen atoms in total. The zero-order valence-corrected chi connectivity index (χ0v) is 15.7. The smallest absolute Gasteiger partial charge is 0.261 e.